The van der Waals surface area contributed by atoms with Crippen LogP contribution in [0.15, 0.2) is 53.9 Å². The van der Waals surface area contributed by atoms with Gasteiger partial charge in [0.25, 0.3) is 5.91 Å². The van der Waals surface area contributed by atoms with Crippen LogP contribution in [0, 0.1) is 5.82 Å². The highest BCUT2D eigenvalue weighted by molar-refractivity contribution is 7.13. The summed E-state index contributed by atoms with van der Waals surface area (Å²) in [7, 11) is 0. The number of benzene rings is 1. The molecule has 170 valence electrons. The summed E-state index contributed by atoms with van der Waals surface area (Å²) in [5.74, 6) is -0.779. The van der Waals surface area contributed by atoms with E-state index in [0.717, 1.165) is 11.8 Å². The Morgan fingerprint density at radius 2 is 1.73 bits per heavy atom. The zero-order valence-electron chi connectivity index (χ0n) is 17.1. The number of anilines is 1. The van der Waals surface area contributed by atoms with Gasteiger partial charge in [-0.3, -0.25) is 4.79 Å². The average molecular weight is 475 g/mol. The van der Waals surface area contributed by atoms with Gasteiger partial charge in [-0.15, -0.1) is 11.3 Å². The average Bonchev–Trinajstić information content (AvgIpc) is 3.48. The molecule has 5 rings (SSSR count). The maximum Gasteiger partial charge on any atom is 0.433 e. The summed E-state index contributed by atoms with van der Waals surface area (Å²) in [6, 6.07) is 11.7. The number of amides is 1. The summed E-state index contributed by atoms with van der Waals surface area (Å²) < 4.78 is 55.0. The third-order valence-electron chi connectivity index (χ3n) is 5.47. The fourth-order valence-corrected chi connectivity index (χ4v) is 4.50. The predicted octanol–water partition coefficient (Wildman–Crippen LogP) is 4.58. The van der Waals surface area contributed by atoms with E-state index in [2.05, 4.69) is 10.1 Å². The van der Waals surface area contributed by atoms with Crippen LogP contribution in [0.4, 0.5) is 23.2 Å². The van der Waals surface area contributed by atoms with E-state index in [9.17, 15) is 22.4 Å². The second-order valence-corrected chi connectivity index (χ2v) is 8.50. The van der Waals surface area contributed by atoms with Crippen LogP contribution < -0.4 is 4.90 Å². The summed E-state index contributed by atoms with van der Waals surface area (Å²) in [6.07, 6.45) is -4.67. The molecule has 0 unspecified atom stereocenters. The molecular formula is C22H17F4N5OS. The number of carbonyl (C=O) groups excluding carboxylic acids is 1. The molecule has 0 saturated carbocycles. The molecule has 1 amide bonds. The number of carbonyl (C=O) groups is 1. The van der Waals surface area contributed by atoms with Crippen molar-refractivity contribution in [3.63, 3.8) is 0 Å². The van der Waals surface area contributed by atoms with Crippen LogP contribution in [-0.2, 0) is 6.18 Å². The molecule has 1 fully saturated rings. The molecule has 0 bridgehead atoms. The van der Waals surface area contributed by atoms with Gasteiger partial charge in [0.05, 0.1) is 10.6 Å². The Morgan fingerprint density at radius 3 is 2.36 bits per heavy atom. The standard InChI is InChI=1S/C22H17F4N5OS/c23-14-3-5-15(6-4-14)29-7-9-30(10-8-29)21(32)17-13-20-27-16(18-2-1-11-33-18)12-19(22(24,25)26)31(20)28-17/h1-6,11-13H,7-10H2. The first-order valence-electron chi connectivity index (χ1n) is 10.1. The van der Waals surface area contributed by atoms with Crippen molar-refractivity contribution in [3.8, 4) is 10.6 Å². The van der Waals surface area contributed by atoms with Crippen molar-refractivity contribution in [1.29, 1.82) is 0 Å². The van der Waals surface area contributed by atoms with Gasteiger partial charge in [0.15, 0.2) is 17.0 Å². The fraction of sp³-hybridized carbons (Fsp3) is 0.227. The van der Waals surface area contributed by atoms with Gasteiger partial charge < -0.3 is 9.80 Å². The predicted molar refractivity (Wildman–Crippen MR) is 116 cm³/mol. The molecule has 4 aromatic rings. The van der Waals surface area contributed by atoms with Crippen LogP contribution in [0.3, 0.4) is 0 Å². The molecule has 1 aliphatic heterocycles. The van der Waals surface area contributed by atoms with Crippen LogP contribution in [0.5, 0.6) is 0 Å². The number of fused-ring (bicyclic) bond motifs is 1. The van der Waals surface area contributed by atoms with E-state index in [1.54, 1.807) is 34.5 Å². The fourth-order valence-electron chi connectivity index (χ4n) is 3.81. The minimum absolute atomic E-state index is 0.0403. The molecule has 0 atom stereocenters. The van der Waals surface area contributed by atoms with Gasteiger partial charge in [0.1, 0.15) is 5.82 Å². The van der Waals surface area contributed by atoms with Gasteiger partial charge in [-0.05, 0) is 41.8 Å². The van der Waals surface area contributed by atoms with Crippen molar-refractivity contribution >= 4 is 28.6 Å². The molecule has 0 radical (unpaired) electrons. The zero-order chi connectivity index (χ0) is 23.2. The molecule has 1 aromatic carbocycles. The number of hydrogen-bond acceptors (Lipinski definition) is 5. The minimum atomic E-state index is -4.67. The highest BCUT2D eigenvalue weighted by Gasteiger charge is 2.36. The lowest BCUT2D eigenvalue weighted by Gasteiger charge is -2.35. The molecule has 0 N–H and O–H groups in total. The zero-order valence-corrected chi connectivity index (χ0v) is 17.9. The highest BCUT2D eigenvalue weighted by Crippen LogP contribution is 2.33. The van der Waals surface area contributed by atoms with Crippen LogP contribution in [0.25, 0.3) is 16.2 Å². The summed E-state index contributed by atoms with van der Waals surface area (Å²) in [4.78, 5) is 21.5. The van der Waals surface area contributed by atoms with Gasteiger partial charge >= 0.3 is 6.18 Å². The number of thiophene rings is 1. The molecule has 4 heterocycles. The lowest BCUT2D eigenvalue weighted by atomic mass is 10.2. The number of alkyl halides is 3. The minimum Gasteiger partial charge on any atom is -0.368 e. The quantitative estimate of drug-likeness (QED) is 0.407. The maximum atomic E-state index is 13.7. The highest BCUT2D eigenvalue weighted by atomic mass is 32.1. The van der Waals surface area contributed by atoms with Crippen molar-refractivity contribution in [3.05, 3.63) is 71.1 Å². The first kappa shape index (κ1) is 21.4. The van der Waals surface area contributed by atoms with E-state index in [1.165, 1.54) is 29.5 Å². The first-order valence-corrected chi connectivity index (χ1v) is 11.0. The van der Waals surface area contributed by atoms with Crippen LogP contribution >= 0.6 is 11.3 Å². The SMILES string of the molecule is O=C(c1cc2nc(-c3cccs3)cc(C(F)(F)F)n2n1)N1CCN(c2ccc(F)cc2)CC1. The van der Waals surface area contributed by atoms with E-state index < -0.39 is 17.8 Å². The van der Waals surface area contributed by atoms with Crippen molar-refractivity contribution < 1.29 is 22.4 Å². The number of hydrogen-bond donors (Lipinski definition) is 0. The number of nitrogens with zero attached hydrogens (tertiary/aromatic N) is 5. The Bertz CT molecular complexity index is 1290. The Kier molecular flexibility index (Phi) is 5.28. The molecule has 3 aromatic heterocycles. The van der Waals surface area contributed by atoms with Crippen LogP contribution in [0.1, 0.15) is 16.2 Å². The lowest BCUT2D eigenvalue weighted by Crippen LogP contribution is -2.48. The third kappa shape index (κ3) is 4.15. The molecular weight excluding hydrogens is 458 g/mol. The Morgan fingerprint density at radius 1 is 1.00 bits per heavy atom. The van der Waals surface area contributed by atoms with Crippen LogP contribution in [-0.4, -0.2) is 51.6 Å². The van der Waals surface area contributed by atoms with E-state index in [0.29, 0.717) is 35.6 Å². The summed E-state index contributed by atoms with van der Waals surface area (Å²) in [5.41, 5.74) is -0.0999. The summed E-state index contributed by atoms with van der Waals surface area (Å²) >= 11 is 1.28. The molecule has 1 saturated heterocycles. The second kappa shape index (κ2) is 8.14. The lowest BCUT2D eigenvalue weighted by molar-refractivity contribution is -0.142. The van der Waals surface area contributed by atoms with Crippen molar-refractivity contribution in [2.45, 2.75) is 6.18 Å². The molecule has 0 spiro atoms. The van der Waals surface area contributed by atoms with Crippen LogP contribution in [0.2, 0.25) is 0 Å². The largest absolute Gasteiger partial charge is 0.433 e. The first-order chi connectivity index (χ1) is 15.8. The maximum absolute atomic E-state index is 13.7. The van der Waals surface area contributed by atoms with E-state index in [4.69, 9.17) is 0 Å². The number of rotatable bonds is 3. The van der Waals surface area contributed by atoms with Gasteiger partial charge in [0, 0.05) is 37.9 Å². The van der Waals surface area contributed by atoms with Crippen molar-refractivity contribution in [2.75, 3.05) is 31.1 Å². The van der Waals surface area contributed by atoms with E-state index >= 15 is 0 Å². The monoisotopic (exact) mass is 475 g/mol. The van der Waals surface area contributed by atoms with Crippen molar-refractivity contribution in [2.24, 2.45) is 0 Å². The number of halogens is 4. The Balaban J connectivity index is 1.41. The van der Waals surface area contributed by atoms with Crippen molar-refractivity contribution in [1.82, 2.24) is 19.5 Å². The summed E-state index contributed by atoms with van der Waals surface area (Å²) in [5, 5.41) is 5.71. The van der Waals surface area contributed by atoms with Gasteiger partial charge in [-0.2, -0.15) is 18.3 Å². The van der Waals surface area contributed by atoms with E-state index in [1.807, 2.05) is 4.90 Å². The molecule has 0 aliphatic carbocycles. The molecule has 33 heavy (non-hydrogen) atoms. The summed E-state index contributed by atoms with van der Waals surface area (Å²) in [6.45, 7) is 1.76. The number of aromatic nitrogens is 3. The normalized spacial score (nSPS) is 14.8. The van der Waals surface area contributed by atoms with Gasteiger partial charge in [-0.25, -0.2) is 13.9 Å². The molecule has 1 aliphatic rings. The van der Waals surface area contributed by atoms with Gasteiger partial charge in [0.2, 0.25) is 0 Å². The van der Waals surface area contributed by atoms with Gasteiger partial charge in [-0.1, -0.05) is 6.07 Å². The third-order valence-corrected chi connectivity index (χ3v) is 6.36. The smallest absolute Gasteiger partial charge is 0.368 e. The Labute approximate surface area is 189 Å². The molecule has 6 nitrogen and oxygen atoms in total. The topological polar surface area (TPSA) is 53.7 Å². The Hall–Kier alpha value is -3.47. The molecule has 11 heteroatoms. The van der Waals surface area contributed by atoms with E-state index in [-0.39, 0.29) is 22.9 Å². The second-order valence-electron chi connectivity index (χ2n) is 7.56. The number of piperazine rings is 1.